The number of hydrogen-bond donors (Lipinski definition) is 2. The highest BCUT2D eigenvalue weighted by atomic mass is 16.5. The van der Waals surface area contributed by atoms with E-state index >= 15 is 0 Å². The van der Waals surface area contributed by atoms with Crippen LogP contribution in [0.5, 0.6) is 0 Å². The highest BCUT2D eigenvalue weighted by Gasteiger charge is 2.45. The molecule has 2 fully saturated rings. The number of fused-ring (bicyclic) bond motifs is 4. The number of aromatic nitrogens is 6. The van der Waals surface area contributed by atoms with Gasteiger partial charge in [0.1, 0.15) is 11.3 Å². The Balaban J connectivity index is 1.15. The van der Waals surface area contributed by atoms with Gasteiger partial charge < -0.3 is 20.7 Å². The van der Waals surface area contributed by atoms with E-state index in [4.69, 9.17) is 20.4 Å². The molecule has 2 bridgehead atoms. The zero-order valence-electron chi connectivity index (χ0n) is 23.5. The van der Waals surface area contributed by atoms with E-state index < -0.39 is 0 Å². The molecule has 4 atom stereocenters. The number of nitrogens with one attached hydrogen (secondary N) is 1. The number of nitrogens with two attached hydrogens (primary N) is 1. The van der Waals surface area contributed by atoms with Crippen LogP contribution in [0.25, 0.3) is 34.1 Å². The van der Waals surface area contributed by atoms with Gasteiger partial charge in [-0.25, -0.2) is 19.6 Å². The average Bonchev–Trinajstić information content (AvgIpc) is 3.82. The zero-order valence-corrected chi connectivity index (χ0v) is 23.5. The summed E-state index contributed by atoms with van der Waals surface area (Å²) in [7, 11) is 0. The van der Waals surface area contributed by atoms with Gasteiger partial charge in [-0.15, -0.1) is 0 Å². The third-order valence-electron chi connectivity index (χ3n) is 8.94. The molecule has 2 aliphatic heterocycles. The summed E-state index contributed by atoms with van der Waals surface area (Å²) < 4.78 is 9.90. The van der Waals surface area contributed by atoms with Crippen LogP contribution in [0.4, 0.5) is 5.82 Å². The summed E-state index contributed by atoms with van der Waals surface area (Å²) >= 11 is 0. The lowest BCUT2D eigenvalue weighted by Crippen LogP contribution is -2.55. The van der Waals surface area contributed by atoms with Crippen molar-refractivity contribution in [3.8, 4) is 22.9 Å². The molecular formula is C32H31N9O2. The first-order chi connectivity index (χ1) is 21.1. The number of benzene rings is 1. The van der Waals surface area contributed by atoms with E-state index in [1.807, 2.05) is 41.4 Å². The fourth-order valence-corrected chi connectivity index (χ4v) is 6.88. The normalized spacial score (nSPS) is 22.7. The third-order valence-corrected chi connectivity index (χ3v) is 8.94. The second-order valence-electron chi connectivity index (χ2n) is 11.4. The molecule has 11 nitrogen and oxygen atoms in total. The van der Waals surface area contributed by atoms with Gasteiger partial charge in [0.2, 0.25) is 5.91 Å². The molecule has 3 unspecified atom stereocenters. The van der Waals surface area contributed by atoms with E-state index in [0.29, 0.717) is 42.8 Å². The molecule has 0 saturated carbocycles. The predicted molar refractivity (Wildman–Crippen MR) is 162 cm³/mol. The maximum absolute atomic E-state index is 12.2. The average molecular weight is 574 g/mol. The molecule has 6 heterocycles. The van der Waals surface area contributed by atoms with Crippen LogP contribution in [-0.4, -0.2) is 71.9 Å². The zero-order chi connectivity index (χ0) is 29.1. The van der Waals surface area contributed by atoms with Gasteiger partial charge in [0.15, 0.2) is 17.3 Å². The fraction of sp³-hybridized carbons (Fsp3) is 0.281. The quantitative estimate of drug-likeness (QED) is 0.296. The number of pyridine rings is 2. The molecule has 1 aliphatic carbocycles. The van der Waals surface area contributed by atoms with E-state index in [2.05, 4.69) is 44.7 Å². The number of carbonyl (C=O) groups excluding carboxylic acids is 1. The number of nitrogens with zero attached hydrogens (tertiary/aromatic N) is 7. The lowest BCUT2D eigenvalue weighted by molar-refractivity contribution is -0.128. The number of ether oxygens (including phenoxy) is 1. The van der Waals surface area contributed by atoms with Gasteiger partial charge in [0.05, 0.1) is 18.3 Å². The Morgan fingerprint density at radius 1 is 1.12 bits per heavy atom. The van der Waals surface area contributed by atoms with Gasteiger partial charge >= 0.3 is 0 Å². The number of amides is 1. The molecular weight excluding hydrogens is 542 g/mol. The summed E-state index contributed by atoms with van der Waals surface area (Å²) in [4.78, 5) is 28.4. The number of nitrogen functional groups attached to an aromatic ring is 1. The SMILES string of the molecule is C=CC(=O)N1CC2COC(C1)C2N[C@H]1CCc2cc(-n3c(-c4cccnc4N)nc4ccc(-n5cccn5)nc43)ccc21. The molecule has 2 saturated heterocycles. The van der Waals surface area contributed by atoms with Gasteiger partial charge in [-0.1, -0.05) is 12.6 Å². The predicted octanol–water partition coefficient (Wildman–Crippen LogP) is 3.24. The van der Waals surface area contributed by atoms with Crippen molar-refractivity contribution in [2.24, 2.45) is 5.92 Å². The summed E-state index contributed by atoms with van der Waals surface area (Å²) in [5, 5.41) is 8.28. The second kappa shape index (κ2) is 10.1. The van der Waals surface area contributed by atoms with Crippen molar-refractivity contribution in [2.45, 2.75) is 31.0 Å². The van der Waals surface area contributed by atoms with Crippen LogP contribution in [-0.2, 0) is 16.0 Å². The van der Waals surface area contributed by atoms with Gasteiger partial charge in [-0.2, -0.15) is 5.10 Å². The molecule has 0 spiro atoms. The molecule has 8 rings (SSSR count). The first kappa shape index (κ1) is 25.8. The van der Waals surface area contributed by atoms with Crippen LogP contribution in [0.15, 0.2) is 79.8 Å². The van der Waals surface area contributed by atoms with Crippen molar-refractivity contribution in [1.82, 2.24) is 39.5 Å². The van der Waals surface area contributed by atoms with Crippen molar-refractivity contribution >= 4 is 22.9 Å². The Morgan fingerprint density at radius 3 is 2.86 bits per heavy atom. The van der Waals surface area contributed by atoms with Crippen LogP contribution < -0.4 is 11.1 Å². The van der Waals surface area contributed by atoms with Crippen LogP contribution in [0.2, 0.25) is 0 Å². The summed E-state index contributed by atoms with van der Waals surface area (Å²) in [5.41, 5.74) is 12.1. The van der Waals surface area contributed by atoms with Crippen molar-refractivity contribution in [3.05, 3.63) is 90.9 Å². The standard InChI is InChI=1S/C32H31N9O2/c1-2-28(42)39-16-20-18-43-26(17-39)29(20)36-24-9-6-19-15-21(7-8-22(19)24)41-31(23-5-3-12-34-30(23)33)37-25-10-11-27(38-32(25)41)40-14-4-13-35-40/h2-5,7-8,10-15,20,24,26,29,36H,1,6,9,16-18H2,(H2,33,34)/t20?,24-,26?,29?/m0/s1. The monoisotopic (exact) mass is 573 g/mol. The minimum absolute atomic E-state index is 0.00848. The Morgan fingerprint density at radius 2 is 2.05 bits per heavy atom. The maximum Gasteiger partial charge on any atom is 0.246 e. The number of carbonyl (C=O) groups is 1. The van der Waals surface area contributed by atoms with Crippen LogP contribution >= 0.6 is 0 Å². The smallest absolute Gasteiger partial charge is 0.246 e. The Kier molecular flexibility index (Phi) is 6.09. The fourth-order valence-electron chi connectivity index (χ4n) is 6.88. The van der Waals surface area contributed by atoms with E-state index in [1.165, 1.54) is 17.2 Å². The lowest BCUT2D eigenvalue weighted by atomic mass is 9.92. The Bertz CT molecular complexity index is 1850. The summed E-state index contributed by atoms with van der Waals surface area (Å²) in [6.45, 7) is 5.61. The molecule has 5 aromatic rings. The molecule has 0 radical (unpaired) electrons. The minimum atomic E-state index is -0.0247. The summed E-state index contributed by atoms with van der Waals surface area (Å²) in [6, 6.07) is 16.6. The van der Waals surface area contributed by atoms with Crippen molar-refractivity contribution < 1.29 is 9.53 Å². The van der Waals surface area contributed by atoms with E-state index in [-0.39, 0.29) is 30.0 Å². The molecule has 3 aliphatic rings. The van der Waals surface area contributed by atoms with E-state index in [0.717, 1.165) is 29.6 Å². The third kappa shape index (κ3) is 4.31. The molecule has 1 aromatic carbocycles. The summed E-state index contributed by atoms with van der Waals surface area (Å²) in [6.07, 6.45) is 8.62. The molecule has 3 N–H and O–H groups in total. The van der Waals surface area contributed by atoms with E-state index in [9.17, 15) is 4.79 Å². The lowest BCUT2D eigenvalue weighted by Gasteiger charge is -2.37. The molecule has 43 heavy (non-hydrogen) atoms. The van der Waals surface area contributed by atoms with Gasteiger partial charge in [0.25, 0.3) is 0 Å². The first-order valence-corrected chi connectivity index (χ1v) is 14.6. The van der Waals surface area contributed by atoms with Crippen molar-refractivity contribution in [1.29, 1.82) is 0 Å². The number of rotatable bonds is 6. The topological polar surface area (TPSA) is 129 Å². The number of anilines is 1. The van der Waals surface area contributed by atoms with Crippen LogP contribution in [0.1, 0.15) is 23.6 Å². The molecule has 11 heteroatoms. The number of aryl methyl sites for hydroxylation is 1. The van der Waals surface area contributed by atoms with Crippen molar-refractivity contribution in [2.75, 3.05) is 25.4 Å². The van der Waals surface area contributed by atoms with Gasteiger partial charge in [0, 0.05) is 55.4 Å². The molecule has 216 valence electrons. The van der Waals surface area contributed by atoms with Crippen LogP contribution in [0.3, 0.4) is 0 Å². The van der Waals surface area contributed by atoms with Crippen molar-refractivity contribution in [3.63, 3.8) is 0 Å². The first-order valence-electron chi connectivity index (χ1n) is 14.6. The number of imidazole rings is 1. The number of likely N-dealkylation sites (tertiary alicyclic amines) is 1. The van der Waals surface area contributed by atoms with Crippen LogP contribution in [0, 0.1) is 5.92 Å². The molecule has 4 aromatic heterocycles. The minimum Gasteiger partial charge on any atom is -0.383 e. The van der Waals surface area contributed by atoms with E-state index in [1.54, 1.807) is 17.1 Å². The Hall–Kier alpha value is -4.87. The number of piperidine rings is 1. The number of hydrogen-bond acceptors (Lipinski definition) is 8. The highest BCUT2D eigenvalue weighted by Crippen LogP contribution is 2.38. The Labute approximate surface area is 248 Å². The van der Waals surface area contributed by atoms with Gasteiger partial charge in [-0.05, 0) is 72.5 Å². The molecule has 1 amide bonds. The summed E-state index contributed by atoms with van der Waals surface area (Å²) in [5.74, 6) is 2.05. The second-order valence-corrected chi connectivity index (χ2v) is 11.4. The van der Waals surface area contributed by atoms with Gasteiger partial charge in [-0.3, -0.25) is 9.36 Å². The largest absolute Gasteiger partial charge is 0.383 e. The maximum atomic E-state index is 12.2. The highest BCUT2D eigenvalue weighted by molar-refractivity contribution is 5.87.